The second-order valence-electron chi connectivity index (χ2n) is 23.1. The Labute approximate surface area is 442 Å². The van der Waals surface area contributed by atoms with E-state index >= 15 is 0 Å². The fourth-order valence-electron chi connectivity index (χ4n) is 16.0. The van der Waals surface area contributed by atoms with Crippen LogP contribution in [0.5, 0.6) is 0 Å². The van der Waals surface area contributed by atoms with Crippen LogP contribution < -0.4 is 21.3 Å². The van der Waals surface area contributed by atoms with Crippen molar-refractivity contribution < 1.29 is 0 Å². The first-order valence-electron chi connectivity index (χ1n) is 28.4. The molecular weight excluding hydrogens is 918 g/mol. The molecule has 0 spiro atoms. The van der Waals surface area contributed by atoms with E-state index in [9.17, 15) is 0 Å². The Balaban J connectivity index is 1.01. The van der Waals surface area contributed by atoms with E-state index in [2.05, 4.69) is 208 Å². The topological polar surface area (TPSA) is 13.1 Å². The van der Waals surface area contributed by atoms with Gasteiger partial charge in [-0.25, -0.2) is 0 Å². The molecule has 4 heteroatoms. The number of anilines is 3. The molecule has 0 radical (unpaired) electrons. The lowest BCUT2D eigenvalue weighted by molar-refractivity contribution is 0.444. The number of rotatable bonds is 4. The first kappa shape index (κ1) is 42.0. The van der Waals surface area contributed by atoms with Crippen molar-refractivity contribution >= 4 is 116 Å². The molecule has 2 aromatic heterocycles. The van der Waals surface area contributed by atoms with Gasteiger partial charge in [-0.1, -0.05) is 172 Å². The van der Waals surface area contributed by atoms with Crippen LogP contribution in [-0.4, -0.2) is 15.8 Å². The number of benzene rings is 11. The minimum Gasteiger partial charge on any atom is -0.311 e. The van der Waals surface area contributed by atoms with Crippen LogP contribution in [0.4, 0.5) is 17.1 Å². The van der Waals surface area contributed by atoms with Crippen LogP contribution >= 0.6 is 0 Å². The predicted octanol–water partition coefficient (Wildman–Crippen LogP) is 17.7. The molecule has 5 aliphatic rings. The minimum atomic E-state index is 0.0101. The molecular formula is C72H54BN3. The predicted molar refractivity (Wildman–Crippen MR) is 323 cm³/mol. The third-order valence-corrected chi connectivity index (χ3v) is 19.3. The molecule has 3 nitrogen and oxygen atoms in total. The van der Waals surface area contributed by atoms with Gasteiger partial charge < -0.3 is 14.0 Å². The average Bonchev–Trinajstić information content (AvgIpc) is 3.91. The highest BCUT2D eigenvalue weighted by molar-refractivity contribution is 7.01. The van der Waals surface area contributed by atoms with Crippen LogP contribution in [0.25, 0.3) is 110 Å². The molecule has 0 N–H and O–H groups in total. The second kappa shape index (κ2) is 15.6. The Kier molecular flexibility index (Phi) is 8.62. The summed E-state index contributed by atoms with van der Waals surface area (Å²) in [4.78, 5) is 2.66. The summed E-state index contributed by atoms with van der Waals surface area (Å²) in [5, 5.41) is 13.2. The Morgan fingerprint density at radius 1 is 0.342 bits per heavy atom. The maximum absolute atomic E-state index is 2.73. The van der Waals surface area contributed by atoms with Crippen LogP contribution in [0.3, 0.4) is 0 Å². The summed E-state index contributed by atoms with van der Waals surface area (Å²) in [5.41, 5.74) is 23.8. The molecule has 76 heavy (non-hydrogen) atoms. The van der Waals surface area contributed by atoms with Crippen molar-refractivity contribution in [3.05, 3.63) is 205 Å². The summed E-state index contributed by atoms with van der Waals surface area (Å²) in [7, 11) is 0. The Morgan fingerprint density at radius 2 is 0.974 bits per heavy atom. The highest BCUT2D eigenvalue weighted by Gasteiger charge is 2.44. The van der Waals surface area contributed by atoms with Gasteiger partial charge in [-0.3, -0.25) is 0 Å². The van der Waals surface area contributed by atoms with E-state index in [1.807, 2.05) is 0 Å². The Bertz CT molecular complexity index is 4690. The van der Waals surface area contributed by atoms with Gasteiger partial charge in [-0.05, 0) is 180 Å². The zero-order valence-corrected chi connectivity index (χ0v) is 42.6. The van der Waals surface area contributed by atoms with E-state index in [4.69, 9.17) is 0 Å². The van der Waals surface area contributed by atoms with Crippen LogP contribution in [0, 0.1) is 0 Å². The fraction of sp³-hybridized carbons (Fsp3) is 0.167. The Hall–Kier alpha value is -8.34. The molecule has 18 rings (SSSR count). The third kappa shape index (κ3) is 5.64. The molecule has 0 unspecified atom stereocenters. The van der Waals surface area contributed by atoms with Crippen molar-refractivity contribution in [1.29, 1.82) is 0 Å². The molecule has 13 aromatic rings. The summed E-state index contributed by atoms with van der Waals surface area (Å²) >= 11 is 0. The number of aromatic nitrogens is 2. The number of fused-ring (bicyclic) bond motifs is 13. The summed E-state index contributed by atoms with van der Waals surface area (Å²) < 4.78 is 5.36. The summed E-state index contributed by atoms with van der Waals surface area (Å²) in [5.74, 6) is 1.19. The molecule has 0 bridgehead atoms. The molecule has 0 atom stereocenters. The van der Waals surface area contributed by atoms with Crippen LogP contribution in [0.1, 0.15) is 87.2 Å². The maximum atomic E-state index is 2.73. The first-order chi connectivity index (χ1) is 37.7. The standard InChI is InChI=1S/C72H54BN3/c1-3-15-43(16-4-1)48-31-34-61-58(38-48)59-39-50-21-9-10-23-53(50)70-72(59)76(61)66-42-52(75-63-28-14-27-57-55-25-12-11-24-54(55)56-26-13-22-46-30-36-64(75)69(67(46)56)68(57)63)41-65-71(66)73(70)60-40-49(44-17-5-2-6-18-44)32-35-62(60)74(65)51-33-29-45-19-7-8-20-47(45)37-51/h7-14,19-44H,1-6,15-18H2. The van der Waals surface area contributed by atoms with Crippen molar-refractivity contribution in [3.8, 4) is 33.6 Å². The molecule has 4 heterocycles. The van der Waals surface area contributed by atoms with Crippen LogP contribution in [0.2, 0.25) is 0 Å². The van der Waals surface area contributed by atoms with Crippen LogP contribution in [-0.2, 0) is 0 Å². The molecule has 0 amide bonds. The van der Waals surface area contributed by atoms with E-state index in [1.54, 1.807) is 0 Å². The van der Waals surface area contributed by atoms with Crippen molar-refractivity contribution in [1.82, 2.24) is 9.13 Å². The quantitative estimate of drug-likeness (QED) is 0.160. The van der Waals surface area contributed by atoms with E-state index in [1.165, 1.54) is 218 Å². The van der Waals surface area contributed by atoms with Gasteiger partial charge in [0.05, 0.1) is 22.2 Å². The van der Waals surface area contributed by atoms with E-state index in [0.29, 0.717) is 11.8 Å². The van der Waals surface area contributed by atoms with Gasteiger partial charge in [0.25, 0.3) is 6.71 Å². The lowest BCUT2D eigenvalue weighted by Gasteiger charge is -2.41. The zero-order valence-electron chi connectivity index (χ0n) is 42.6. The maximum Gasteiger partial charge on any atom is 0.252 e. The highest BCUT2D eigenvalue weighted by atomic mass is 15.2. The van der Waals surface area contributed by atoms with E-state index < -0.39 is 0 Å². The zero-order chi connectivity index (χ0) is 49.3. The van der Waals surface area contributed by atoms with Gasteiger partial charge in [0, 0.05) is 49.8 Å². The van der Waals surface area contributed by atoms with Crippen molar-refractivity contribution in [2.45, 2.75) is 76.0 Å². The van der Waals surface area contributed by atoms with Gasteiger partial charge in [0.2, 0.25) is 0 Å². The lowest BCUT2D eigenvalue weighted by Crippen LogP contribution is -2.60. The number of hydrogen-bond donors (Lipinski definition) is 0. The molecule has 3 aliphatic carbocycles. The average molecular weight is 972 g/mol. The molecule has 360 valence electrons. The van der Waals surface area contributed by atoms with E-state index in [-0.39, 0.29) is 6.71 Å². The van der Waals surface area contributed by atoms with Crippen LogP contribution in [0.15, 0.2) is 194 Å². The smallest absolute Gasteiger partial charge is 0.252 e. The molecule has 2 fully saturated rings. The van der Waals surface area contributed by atoms with Gasteiger partial charge >= 0.3 is 0 Å². The van der Waals surface area contributed by atoms with Gasteiger partial charge in [0.15, 0.2) is 0 Å². The number of hydrogen-bond acceptors (Lipinski definition) is 1. The van der Waals surface area contributed by atoms with E-state index in [0.717, 1.165) is 0 Å². The SMILES string of the molecule is c1ccc2c(c1)-c1cccc3ccc4c(c13)c1c-2cccc1n4-c1cc2c3c(c1)-n1c4ccc(C5CCCCC5)cc4c4cc5ccccc5c(c41)B3c1cc(C3CCCCC3)ccc1N2c1ccc2ccccc2c1. The van der Waals surface area contributed by atoms with Gasteiger partial charge in [0.1, 0.15) is 0 Å². The molecule has 2 saturated carbocycles. The Morgan fingerprint density at radius 3 is 1.79 bits per heavy atom. The lowest BCUT2D eigenvalue weighted by atomic mass is 9.33. The monoisotopic (exact) mass is 971 g/mol. The van der Waals surface area contributed by atoms with Crippen molar-refractivity contribution in [3.63, 3.8) is 0 Å². The minimum absolute atomic E-state index is 0.0101. The summed E-state index contributed by atoms with van der Waals surface area (Å²) in [6.45, 7) is 0.0101. The highest BCUT2D eigenvalue weighted by Crippen LogP contribution is 2.52. The normalized spacial score (nSPS) is 16.0. The van der Waals surface area contributed by atoms with Gasteiger partial charge in [-0.15, -0.1) is 0 Å². The molecule has 2 aliphatic heterocycles. The third-order valence-electron chi connectivity index (χ3n) is 19.3. The molecule has 0 saturated heterocycles. The molecule has 11 aromatic carbocycles. The van der Waals surface area contributed by atoms with Crippen molar-refractivity contribution in [2.75, 3.05) is 4.90 Å². The second-order valence-corrected chi connectivity index (χ2v) is 23.1. The van der Waals surface area contributed by atoms with Gasteiger partial charge in [-0.2, -0.15) is 0 Å². The first-order valence-corrected chi connectivity index (χ1v) is 28.4. The fourth-order valence-corrected chi connectivity index (χ4v) is 16.0. The largest absolute Gasteiger partial charge is 0.311 e. The van der Waals surface area contributed by atoms with Crippen molar-refractivity contribution in [2.24, 2.45) is 0 Å². The summed E-state index contributed by atoms with van der Waals surface area (Å²) in [6, 6.07) is 76.3. The number of nitrogens with zero attached hydrogens (tertiary/aromatic N) is 3. The summed E-state index contributed by atoms with van der Waals surface area (Å²) in [6.07, 6.45) is 13.1.